The summed E-state index contributed by atoms with van der Waals surface area (Å²) in [6, 6.07) is 70.4. The molecule has 0 radical (unpaired) electrons. The number of benzene rings is 9. The van der Waals surface area contributed by atoms with Crippen LogP contribution in [0.25, 0.3) is 93.9 Å². The van der Waals surface area contributed by atoms with Gasteiger partial charge in [-0.05, 0) is 107 Å². The largest absolute Gasteiger partial charge is 0.456 e. The van der Waals surface area contributed by atoms with E-state index in [0.29, 0.717) is 5.89 Å². The fraction of sp³-hybridized carbons (Fsp3) is 0. The molecule has 0 saturated heterocycles. The van der Waals surface area contributed by atoms with Gasteiger partial charge in [0.05, 0.1) is 11.0 Å². The Morgan fingerprint density at radius 2 is 1.10 bits per heavy atom. The van der Waals surface area contributed by atoms with Gasteiger partial charge in [-0.3, -0.25) is 0 Å². The highest BCUT2D eigenvalue weighted by Crippen LogP contribution is 2.44. The minimum absolute atomic E-state index is 0.608. The van der Waals surface area contributed by atoms with Gasteiger partial charge >= 0.3 is 0 Å². The fourth-order valence-electron chi connectivity index (χ4n) is 8.77. The van der Waals surface area contributed by atoms with E-state index >= 15 is 0 Å². The first-order chi connectivity index (χ1) is 28.7. The third kappa shape index (κ3) is 5.07. The third-order valence-electron chi connectivity index (χ3n) is 11.4. The zero-order valence-electron chi connectivity index (χ0n) is 31.2. The number of hydrogen-bond acceptors (Lipinski definition) is 4. The average Bonchev–Trinajstić information content (AvgIpc) is 3.99. The minimum Gasteiger partial charge on any atom is -0.456 e. The Morgan fingerprint density at radius 1 is 0.431 bits per heavy atom. The topological polar surface area (TPSA) is 47.3 Å². The zero-order valence-corrected chi connectivity index (χ0v) is 31.2. The van der Waals surface area contributed by atoms with Crippen molar-refractivity contribution >= 4 is 82.7 Å². The summed E-state index contributed by atoms with van der Waals surface area (Å²) in [6.07, 6.45) is 0. The SMILES string of the molecule is c1ccc(-c2nc3cccc(-c4cccc(N(c5ccc6oc7ccccc7c6c5)c5ccc6c(c5)c5c7ccccc7ccc5n6-c5ccccc5)c4)c3o2)cc1. The molecule has 9 aromatic carbocycles. The number of para-hydroxylation sites is 3. The molecule has 58 heavy (non-hydrogen) atoms. The average molecular weight is 744 g/mol. The highest BCUT2D eigenvalue weighted by atomic mass is 16.3. The number of nitrogens with zero attached hydrogens (tertiary/aromatic N) is 3. The summed E-state index contributed by atoms with van der Waals surface area (Å²) >= 11 is 0. The first-order valence-corrected chi connectivity index (χ1v) is 19.5. The number of furan rings is 1. The van der Waals surface area contributed by atoms with Crippen molar-refractivity contribution in [1.82, 2.24) is 9.55 Å². The van der Waals surface area contributed by atoms with E-state index in [4.69, 9.17) is 13.8 Å². The van der Waals surface area contributed by atoms with Gasteiger partial charge in [0.1, 0.15) is 16.7 Å². The summed E-state index contributed by atoms with van der Waals surface area (Å²) in [4.78, 5) is 7.24. The number of hydrogen-bond donors (Lipinski definition) is 0. The van der Waals surface area contributed by atoms with E-state index in [0.717, 1.165) is 78.0 Å². The van der Waals surface area contributed by atoms with Gasteiger partial charge in [-0.2, -0.15) is 0 Å². The summed E-state index contributed by atoms with van der Waals surface area (Å²) < 4.78 is 15.2. The van der Waals surface area contributed by atoms with E-state index in [1.165, 1.54) is 27.1 Å². The van der Waals surface area contributed by atoms with Gasteiger partial charge in [-0.1, -0.05) is 109 Å². The van der Waals surface area contributed by atoms with Crippen LogP contribution in [0.15, 0.2) is 209 Å². The molecule has 0 spiro atoms. The maximum absolute atomic E-state index is 6.52. The first-order valence-electron chi connectivity index (χ1n) is 19.5. The van der Waals surface area contributed by atoms with Crippen LogP contribution in [-0.4, -0.2) is 9.55 Å². The number of oxazole rings is 1. The predicted molar refractivity (Wildman–Crippen MR) is 239 cm³/mol. The van der Waals surface area contributed by atoms with Crippen LogP contribution in [0.1, 0.15) is 0 Å². The van der Waals surface area contributed by atoms with Crippen LogP contribution in [0.4, 0.5) is 17.1 Å². The van der Waals surface area contributed by atoms with E-state index in [-0.39, 0.29) is 0 Å². The summed E-state index contributed by atoms with van der Waals surface area (Å²) in [5.41, 5.74) is 12.8. The Balaban J connectivity index is 1.10. The molecule has 3 aromatic heterocycles. The van der Waals surface area contributed by atoms with Gasteiger partial charge in [0, 0.05) is 55.4 Å². The van der Waals surface area contributed by atoms with Crippen LogP contribution in [0.3, 0.4) is 0 Å². The van der Waals surface area contributed by atoms with E-state index in [1.807, 2.05) is 48.5 Å². The molecule has 0 bridgehead atoms. The molecule has 0 aliphatic heterocycles. The Hall–Kier alpha value is -7.89. The van der Waals surface area contributed by atoms with Crippen LogP contribution in [0.5, 0.6) is 0 Å². The maximum atomic E-state index is 6.52. The second kappa shape index (κ2) is 12.8. The molecule has 5 nitrogen and oxygen atoms in total. The van der Waals surface area contributed by atoms with Gasteiger partial charge in [-0.25, -0.2) is 4.98 Å². The normalized spacial score (nSPS) is 11.8. The smallest absolute Gasteiger partial charge is 0.227 e. The standard InChI is InChI=1S/C53H33N3O2/c1-3-14-35(15-4-1)53-54-46-23-12-22-42(52(46)58-53)36-16-11-19-38(31-36)55(40-27-30-50-44(32-40)43-21-9-10-24-49(43)57-50)39-26-29-47-45(33-39)51-41-20-8-7-13-34(41)25-28-48(51)56(47)37-17-5-2-6-18-37/h1-33H. The lowest BCUT2D eigenvalue weighted by atomic mass is 10.0. The molecule has 12 aromatic rings. The molecule has 12 rings (SSSR count). The predicted octanol–water partition coefficient (Wildman–Crippen LogP) is 14.8. The Bertz CT molecular complexity index is 3520. The molecule has 0 amide bonds. The van der Waals surface area contributed by atoms with Crippen LogP contribution in [0, 0.1) is 0 Å². The molecule has 0 saturated carbocycles. The molecular weight excluding hydrogens is 711 g/mol. The quantitative estimate of drug-likeness (QED) is 0.170. The molecule has 272 valence electrons. The number of aromatic nitrogens is 2. The molecule has 0 atom stereocenters. The van der Waals surface area contributed by atoms with Crippen LogP contribution >= 0.6 is 0 Å². The third-order valence-corrected chi connectivity index (χ3v) is 11.4. The molecule has 0 aliphatic carbocycles. The van der Waals surface area contributed by atoms with Gasteiger partial charge in [0.25, 0.3) is 0 Å². The summed E-state index contributed by atoms with van der Waals surface area (Å²) in [5, 5.41) is 7.02. The van der Waals surface area contributed by atoms with Crippen LogP contribution in [0.2, 0.25) is 0 Å². The minimum atomic E-state index is 0.608. The molecule has 0 N–H and O–H groups in total. The van der Waals surface area contributed by atoms with Crippen molar-refractivity contribution in [2.75, 3.05) is 4.90 Å². The van der Waals surface area contributed by atoms with Crippen LogP contribution in [-0.2, 0) is 0 Å². The molecule has 0 aliphatic rings. The Morgan fingerprint density at radius 3 is 1.98 bits per heavy atom. The van der Waals surface area contributed by atoms with Gasteiger partial charge in [0.2, 0.25) is 5.89 Å². The number of rotatable bonds is 6. The molecule has 0 unspecified atom stereocenters. The van der Waals surface area contributed by atoms with Crippen molar-refractivity contribution in [1.29, 1.82) is 0 Å². The molecule has 3 heterocycles. The second-order valence-electron chi connectivity index (χ2n) is 14.8. The molecule has 5 heteroatoms. The first kappa shape index (κ1) is 32.4. The van der Waals surface area contributed by atoms with Crippen molar-refractivity contribution in [3.63, 3.8) is 0 Å². The van der Waals surface area contributed by atoms with Gasteiger partial charge < -0.3 is 18.3 Å². The van der Waals surface area contributed by atoms with E-state index in [9.17, 15) is 0 Å². The lowest BCUT2D eigenvalue weighted by molar-refractivity contribution is 0.621. The van der Waals surface area contributed by atoms with Crippen molar-refractivity contribution in [3.8, 4) is 28.3 Å². The molecular formula is C53H33N3O2. The maximum Gasteiger partial charge on any atom is 0.227 e. The van der Waals surface area contributed by atoms with E-state index in [1.54, 1.807) is 0 Å². The van der Waals surface area contributed by atoms with Gasteiger partial charge in [-0.15, -0.1) is 0 Å². The second-order valence-corrected chi connectivity index (χ2v) is 14.8. The van der Waals surface area contributed by atoms with Gasteiger partial charge in [0.15, 0.2) is 5.58 Å². The van der Waals surface area contributed by atoms with E-state index in [2.05, 4.69) is 161 Å². The summed E-state index contributed by atoms with van der Waals surface area (Å²) in [5.74, 6) is 0.608. The Kier molecular flexibility index (Phi) is 7.16. The molecule has 0 fully saturated rings. The Labute approximate surface area is 333 Å². The number of anilines is 3. The van der Waals surface area contributed by atoms with Crippen molar-refractivity contribution in [3.05, 3.63) is 200 Å². The summed E-state index contributed by atoms with van der Waals surface area (Å²) in [7, 11) is 0. The van der Waals surface area contributed by atoms with Crippen molar-refractivity contribution in [2.24, 2.45) is 0 Å². The monoisotopic (exact) mass is 743 g/mol. The van der Waals surface area contributed by atoms with Crippen molar-refractivity contribution < 1.29 is 8.83 Å². The summed E-state index contributed by atoms with van der Waals surface area (Å²) in [6.45, 7) is 0. The van der Waals surface area contributed by atoms with Crippen molar-refractivity contribution in [2.45, 2.75) is 0 Å². The fourth-order valence-corrected chi connectivity index (χ4v) is 8.77. The highest BCUT2D eigenvalue weighted by molar-refractivity contribution is 6.22. The highest BCUT2D eigenvalue weighted by Gasteiger charge is 2.21. The van der Waals surface area contributed by atoms with E-state index < -0.39 is 0 Å². The lowest BCUT2D eigenvalue weighted by Gasteiger charge is -2.26. The number of fused-ring (bicyclic) bond motifs is 9. The lowest BCUT2D eigenvalue weighted by Crippen LogP contribution is -2.10. The zero-order chi connectivity index (χ0) is 38.2. The van der Waals surface area contributed by atoms with Crippen LogP contribution < -0.4 is 4.90 Å².